The largest absolute Gasteiger partial charge is 0.385 e. The molecular formula is C14H21NO. The van der Waals surface area contributed by atoms with Crippen molar-refractivity contribution >= 4 is 0 Å². The molecule has 2 rings (SSSR count). The highest BCUT2D eigenvalue weighted by molar-refractivity contribution is 5.40. The quantitative estimate of drug-likeness (QED) is 0.793. The Labute approximate surface area is 98.0 Å². The van der Waals surface area contributed by atoms with Gasteiger partial charge < -0.3 is 10.1 Å². The summed E-state index contributed by atoms with van der Waals surface area (Å²) in [5.41, 5.74) is 3.06. The van der Waals surface area contributed by atoms with Gasteiger partial charge in [-0.05, 0) is 30.9 Å². The van der Waals surface area contributed by atoms with E-state index in [0.717, 1.165) is 25.5 Å². The molecule has 0 radical (unpaired) electrons. The lowest BCUT2D eigenvalue weighted by atomic mass is 9.77. The van der Waals surface area contributed by atoms with Crippen LogP contribution in [0.2, 0.25) is 0 Å². The van der Waals surface area contributed by atoms with Crippen LogP contribution in [0, 0.1) is 0 Å². The standard InChI is InChI=1S/C14H21NO/c1-11(7-8-16-2)15-10-13-9-12-5-3-4-6-14(12)13/h3-6,11,13,15H,7-10H2,1-2H3. The molecule has 1 aliphatic rings. The van der Waals surface area contributed by atoms with Crippen molar-refractivity contribution in [3.05, 3.63) is 35.4 Å². The topological polar surface area (TPSA) is 21.3 Å². The van der Waals surface area contributed by atoms with E-state index in [0.29, 0.717) is 6.04 Å². The van der Waals surface area contributed by atoms with Crippen LogP contribution < -0.4 is 5.32 Å². The third-order valence-corrected chi connectivity index (χ3v) is 3.43. The third kappa shape index (κ3) is 2.63. The highest BCUT2D eigenvalue weighted by Gasteiger charge is 2.24. The molecule has 2 unspecified atom stereocenters. The summed E-state index contributed by atoms with van der Waals surface area (Å²) in [6.07, 6.45) is 2.32. The molecule has 0 bridgehead atoms. The summed E-state index contributed by atoms with van der Waals surface area (Å²) in [4.78, 5) is 0. The van der Waals surface area contributed by atoms with Crippen molar-refractivity contribution in [3.8, 4) is 0 Å². The van der Waals surface area contributed by atoms with Crippen molar-refractivity contribution in [3.63, 3.8) is 0 Å². The highest BCUT2D eigenvalue weighted by Crippen LogP contribution is 2.34. The number of rotatable bonds is 6. The maximum Gasteiger partial charge on any atom is 0.0476 e. The smallest absolute Gasteiger partial charge is 0.0476 e. The van der Waals surface area contributed by atoms with E-state index >= 15 is 0 Å². The molecule has 88 valence electrons. The van der Waals surface area contributed by atoms with E-state index in [1.165, 1.54) is 17.5 Å². The van der Waals surface area contributed by atoms with E-state index in [9.17, 15) is 0 Å². The first-order valence-corrected chi connectivity index (χ1v) is 6.11. The van der Waals surface area contributed by atoms with Gasteiger partial charge in [-0.1, -0.05) is 24.3 Å². The lowest BCUT2D eigenvalue weighted by molar-refractivity contribution is 0.184. The van der Waals surface area contributed by atoms with Gasteiger partial charge in [0.2, 0.25) is 0 Å². The Morgan fingerprint density at radius 2 is 2.25 bits per heavy atom. The fourth-order valence-corrected chi connectivity index (χ4v) is 2.28. The predicted octanol–water partition coefficient (Wildman–Crippen LogP) is 2.34. The van der Waals surface area contributed by atoms with Crippen LogP contribution in [-0.4, -0.2) is 26.3 Å². The van der Waals surface area contributed by atoms with Crippen LogP contribution in [0.5, 0.6) is 0 Å². The molecule has 0 heterocycles. The summed E-state index contributed by atoms with van der Waals surface area (Å²) in [5.74, 6) is 0.723. The molecule has 0 aromatic heterocycles. The first-order valence-electron chi connectivity index (χ1n) is 6.11. The lowest BCUT2D eigenvalue weighted by Gasteiger charge is -2.31. The van der Waals surface area contributed by atoms with Gasteiger partial charge in [0.05, 0.1) is 0 Å². The van der Waals surface area contributed by atoms with Crippen LogP contribution in [0.1, 0.15) is 30.4 Å². The number of hydrogen-bond acceptors (Lipinski definition) is 2. The number of methoxy groups -OCH3 is 1. The first kappa shape index (κ1) is 11.6. The normalized spacial score (nSPS) is 20.0. The average Bonchev–Trinajstić information content (AvgIpc) is 2.27. The van der Waals surface area contributed by atoms with Crippen molar-refractivity contribution in [2.24, 2.45) is 0 Å². The Hall–Kier alpha value is -0.860. The van der Waals surface area contributed by atoms with E-state index in [1.54, 1.807) is 7.11 Å². The zero-order valence-corrected chi connectivity index (χ0v) is 10.2. The van der Waals surface area contributed by atoms with Gasteiger partial charge in [0.25, 0.3) is 0 Å². The summed E-state index contributed by atoms with van der Waals surface area (Å²) >= 11 is 0. The molecule has 0 spiro atoms. The third-order valence-electron chi connectivity index (χ3n) is 3.43. The van der Waals surface area contributed by atoms with Gasteiger partial charge in [0.1, 0.15) is 0 Å². The SMILES string of the molecule is COCCC(C)NCC1Cc2ccccc21. The van der Waals surface area contributed by atoms with Gasteiger partial charge in [0, 0.05) is 32.2 Å². The molecule has 2 nitrogen and oxygen atoms in total. The van der Waals surface area contributed by atoms with Crippen LogP contribution >= 0.6 is 0 Å². The second kappa shape index (κ2) is 5.46. The van der Waals surface area contributed by atoms with Crippen LogP contribution in [0.4, 0.5) is 0 Å². The second-order valence-corrected chi connectivity index (χ2v) is 4.69. The predicted molar refractivity (Wildman–Crippen MR) is 66.8 cm³/mol. The Balaban J connectivity index is 1.73. The molecule has 0 saturated carbocycles. The highest BCUT2D eigenvalue weighted by atomic mass is 16.5. The van der Waals surface area contributed by atoms with E-state index in [-0.39, 0.29) is 0 Å². The van der Waals surface area contributed by atoms with Crippen molar-refractivity contribution in [2.75, 3.05) is 20.3 Å². The van der Waals surface area contributed by atoms with Gasteiger partial charge in [-0.15, -0.1) is 0 Å². The molecule has 16 heavy (non-hydrogen) atoms. The zero-order chi connectivity index (χ0) is 11.4. The van der Waals surface area contributed by atoms with E-state index in [4.69, 9.17) is 4.74 Å². The zero-order valence-electron chi connectivity index (χ0n) is 10.2. The van der Waals surface area contributed by atoms with Crippen molar-refractivity contribution < 1.29 is 4.74 Å². The van der Waals surface area contributed by atoms with Crippen molar-refractivity contribution in [1.29, 1.82) is 0 Å². The number of benzene rings is 1. The molecule has 0 fully saturated rings. The van der Waals surface area contributed by atoms with E-state index < -0.39 is 0 Å². The maximum absolute atomic E-state index is 5.08. The molecule has 0 aliphatic heterocycles. The van der Waals surface area contributed by atoms with Crippen molar-refractivity contribution in [1.82, 2.24) is 5.32 Å². The number of fused-ring (bicyclic) bond motifs is 1. The fourth-order valence-electron chi connectivity index (χ4n) is 2.28. The molecule has 2 atom stereocenters. The lowest BCUT2D eigenvalue weighted by Crippen LogP contribution is -2.35. The molecule has 1 N–H and O–H groups in total. The molecule has 1 aromatic rings. The molecule has 0 amide bonds. The van der Waals surface area contributed by atoms with E-state index in [1.807, 2.05) is 0 Å². The number of nitrogens with one attached hydrogen (secondary N) is 1. The summed E-state index contributed by atoms with van der Waals surface area (Å²) in [6, 6.07) is 9.31. The summed E-state index contributed by atoms with van der Waals surface area (Å²) in [7, 11) is 1.76. The minimum Gasteiger partial charge on any atom is -0.385 e. The second-order valence-electron chi connectivity index (χ2n) is 4.69. The minimum atomic E-state index is 0.549. The Bertz CT molecular complexity index is 337. The van der Waals surface area contributed by atoms with Gasteiger partial charge in [-0.25, -0.2) is 0 Å². The van der Waals surface area contributed by atoms with Gasteiger partial charge in [0.15, 0.2) is 0 Å². The first-order chi connectivity index (χ1) is 7.81. The van der Waals surface area contributed by atoms with Gasteiger partial charge in [-0.3, -0.25) is 0 Å². The minimum absolute atomic E-state index is 0.549. The summed E-state index contributed by atoms with van der Waals surface area (Å²) in [6.45, 7) is 4.17. The Kier molecular flexibility index (Phi) is 3.97. The molecule has 0 saturated heterocycles. The van der Waals surface area contributed by atoms with Crippen LogP contribution in [0.25, 0.3) is 0 Å². The van der Waals surface area contributed by atoms with Crippen molar-refractivity contribution in [2.45, 2.75) is 31.7 Å². The molecular weight excluding hydrogens is 198 g/mol. The summed E-state index contributed by atoms with van der Waals surface area (Å²) in [5, 5.41) is 3.58. The fraction of sp³-hybridized carbons (Fsp3) is 0.571. The van der Waals surface area contributed by atoms with Crippen LogP contribution in [-0.2, 0) is 11.2 Å². The van der Waals surface area contributed by atoms with Crippen LogP contribution in [0.3, 0.4) is 0 Å². The average molecular weight is 219 g/mol. The number of ether oxygens (including phenoxy) is 1. The summed E-state index contributed by atoms with van der Waals surface area (Å²) < 4.78 is 5.08. The Morgan fingerprint density at radius 3 is 3.00 bits per heavy atom. The molecule has 1 aromatic carbocycles. The molecule has 2 heteroatoms. The molecule has 1 aliphatic carbocycles. The maximum atomic E-state index is 5.08. The van der Waals surface area contributed by atoms with Crippen LogP contribution in [0.15, 0.2) is 24.3 Å². The van der Waals surface area contributed by atoms with Gasteiger partial charge >= 0.3 is 0 Å². The van der Waals surface area contributed by atoms with E-state index in [2.05, 4.69) is 36.5 Å². The Morgan fingerprint density at radius 1 is 1.44 bits per heavy atom. The number of hydrogen-bond donors (Lipinski definition) is 1. The van der Waals surface area contributed by atoms with Gasteiger partial charge in [-0.2, -0.15) is 0 Å². The monoisotopic (exact) mass is 219 g/mol.